The largest absolute Gasteiger partial charge is 0.288 e. The summed E-state index contributed by atoms with van der Waals surface area (Å²) < 4.78 is 13.8. The standard InChI is InChI=1S/C15H11ClFN3O3/c16-12-4-2-1-3-11(12)15(22)19-18-8-10-6-5-9(7-13(10)17)14(21)20-23/h1-8,23H,(H,19,22)(H,20,21)/b18-8+. The van der Waals surface area contributed by atoms with Crippen LogP contribution in [0.3, 0.4) is 0 Å². The maximum atomic E-state index is 13.8. The molecular weight excluding hydrogens is 325 g/mol. The molecule has 0 aliphatic carbocycles. The Morgan fingerprint density at radius 3 is 2.57 bits per heavy atom. The first kappa shape index (κ1) is 16.6. The first-order chi connectivity index (χ1) is 11.0. The molecule has 0 aliphatic heterocycles. The van der Waals surface area contributed by atoms with Crippen LogP contribution in [0.4, 0.5) is 4.39 Å². The lowest BCUT2D eigenvalue weighted by atomic mass is 10.1. The molecular formula is C15H11ClFN3O3. The minimum absolute atomic E-state index is 0.0535. The molecule has 2 amide bonds. The van der Waals surface area contributed by atoms with E-state index in [4.69, 9.17) is 16.8 Å². The van der Waals surface area contributed by atoms with Gasteiger partial charge in [-0.25, -0.2) is 15.3 Å². The van der Waals surface area contributed by atoms with Crippen LogP contribution >= 0.6 is 11.6 Å². The first-order valence-corrected chi connectivity index (χ1v) is 6.72. The zero-order chi connectivity index (χ0) is 16.8. The Kier molecular flexibility index (Phi) is 5.40. The summed E-state index contributed by atoms with van der Waals surface area (Å²) in [5.41, 5.74) is 3.86. The van der Waals surface area contributed by atoms with Crippen LogP contribution in [0, 0.1) is 5.82 Å². The predicted octanol–water partition coefficient (Wildman–Crippen LogP) is 2.36. The van der Waals surface area contributed by atoms with Gasteiger partial charge in [0, 0.05) is 11.1 Å². The molecule has 2 aromatic carbocycles. The first-order valence-electron chi connectivity index (χ1n) is 6.35. The molecule has 0 aromatic heterocycles. The van der Waals surface area contributed by atoms with Crippen molar-refractivity contribution < 1.29 is 19.2 Å². The number of carbonyl (C=O) groups is 2. The summed E-state index contributed by atoms with van der Waals surface area (Å²) in [6, 6.07) is 9.93. The lowest BCUT2D eigenvalue weighted by Crippen LogP contribution is -2.19. The number of hydrogen-bond acceptors (Lipinski definition) is 4. The van der Waals surface area contributed by atoms with Crippen molar-refractivity contribution in [3.05, 3.63) is 70.0 Å². The van der Waals surface area contributed by atoms with Crippen LogP contribution < -0.4 is 10.9 Å². The number of amides is 2. The third-order valence-corrected chi connectivity index (χ3v) is 3.18. The number of carbonyl (C=O) groups excluding carboxylic acids is 2. The van der Waals surface area contributed by atoms with E-state index in [1.54, 1.807) is 18.2 Å². The zero-order valence-electron chi connectivity index (χ0n) is 11.6. The van der Waals surface area contributed by atoms with Crippen LogP contribution in [-0.4, -0.2) is 23.2 Å². The summed E-state index contributed by atoms with van der Waals surface area (Å²) in [5.74, 6) is -2.11. The van der Waals surface area contributed by atoms with Gasteiger partial charge in [-0.15, -0.1) is 0 Å². The van der Waals surface area contributed by atoms with Crippen molar-refractivity contribution in [1.29, 1.82) is 0 Å². The minimum atomic E-state index is -0.834. The molecule has 0 aliphatic rings. The molecule has 8 heteroatoms. The van der Waals surface area contributed by atoms with Gasteiger partial charge in [0.15, 0.2) is 0 Å². The van der Waals surface area contributed by atoms with Gasteiger partial charge in [-0.1, -0.05) is 23.7 Å². The third-order valence-electron chi connectivity index (χ3n) is 2.85. The minimum Gasteiger partial charge on any atom is -0.288 e. The average Bonchev–Trinajstić information content (AvgIpc) is 2.55. The van der Waals surface area contributed by atoms with E-state index >= 15 is 0 Å². The fraction of sp³-hybridized carbons (Fsp3) is 0. The Morgan fingerprint density at radius 1 is 1.17 bits per heavy atom. The molecule has 118 valence electrons. The van der Waals surface area contributed by atoms with E-state index in [-0.39, 0.29) is 21.7 Å². The number of rotatable bonds is 4. The highest BCUT2D eigenvalue weighted by Gasteiger charge is 2.09. The van der Waals surface area contributed by atoms with Crippen LogP contribution in [0.25, 0.3) is 0 Å². The highest BCUT2D eigenvalue weighted by atomic mass is 35.5. The van der Waals surface area contributed by atoms with Crippen molar-refractivity contribution in [3.8, 4) is 0 Å². The number of hydrazone groups is 1. The van der Waals surface area contributed by atoms with E-state index in [1.165, 1.54) is 23.7 Å². The average molecular weight is 336 g/mol. The molecule has 0 spiro atoms. The fourth-order valence-corrected chi connectivity index (χ4v) is 1.93. The van der Waals surface area contributed by atoms with E-state index in [2.05, 4.69) is 10.5 Å². The number of nitrogens with zero attached hydrogens (tertiary/aromatic N) is 1. The Bertz CT molecular complexity index is 780. The molecule has 6 nitrogen and oxygen atoms in total. The third kappa shape index (κ3) is 4.12. The summed E-state index contributed by atoms with van der Waals surface area (Å²) in [4.78, 5) is 23.0. The number of halogens is 2. The maximum Gasteiger partial charge on any atom is 0.274 e. The van der Waals surface area contributed by atoms with Crippen molar-refractivity contribution in [2.45, 2.75) is 0 Å². The van der Waals surface area contributed by atoms with Gasteiger partial charge < -0.3 is 0 Å². The van der Waals surface area contributed by atoms with E-state index in [0.29, 0.717) is 0 Å². The second-order valence-electron chi connectivity index (χ2n) is 4.36. The zero-order valence-corrected chi connectivity index (χ0v) is 12.3. The topological polar surface area (TPSA) is 90.8 Å². The number of nitrogens with one attached hydrogen (secondary N) is 2. The molecule has 0 heterocycles. The summed E-state index contributed by atoms with van der Waals surface area (Å²) >= 11 is 5.87. The Balaban J connectivity index is 2.08. The van der Waals surface area contributed by atoms with Crippen molar-refractivity contribution in [2.75, 3.05) is 0 Å². The molecule has 3 N–H and O–H groups in total. The molecule has 0 radical (unpaired) electrons. The molecule has 0 fully saturated rings. The number of benzene rings is 2. The van der Waals surface area contributed by atoms with Crippen LogP contribution in [-0.2, 0) is 0 Å². The van der Waals surface area contributed by atoms with Crippen molar-refractivity contribution in [2.24, 2.45) is 5.10 Å². The van der Waals surface area contributed by atoms with Crippen molar-refractivity contribution >= 4 is 29.6 Å². The second kappa shape index (κ2) is 7.48. The maximum absolute atomic E-state index is 13.8. The number of hydroxylamine groups is 1. The lowest BCUT2D eigenvalue weighted by Gasteiger charge is -2.03. The van der Waals surface area contributed by atoms with Crippen LogP contribution in [0.15, 0.2) is 47.6 Å². The van der Waals surface area contributed by atoms with Crippen molar-refractivity contribution in [1.82, 2.24) is 10.9 Å². The SMILES string of the molecule is O=C(NO)c1ccc(/C=N/NC(=O)c2ccccc2Cl)c(F)c1. The highest BCUT2D eigenvalue weighted by molar-refractivity contribution is 6.33. The predicted molar refractivity (Wildman–Crippen MR) is 82.2 cm³/mol. The molecule has 0 bridgehead atoms. The van der Waals surface area contributed by atoms with Gasteiger partial charge in [-0.05, 0) is 30.3 Å². The van der Waals surface area contributed by atoms with Gasteiger partial charge in [0.2, 0.25) is 0 Å². The Labute approximate surface area is 135 Å². The van der Waals surface area contributed by atoms with E-state index in [0.717, 1.165) is 12.3 Å². The van der Waals surface area contributed by atoms with Crippen LogP contribution in [0.2, 0.25) is 5.02 Å². The summed E-state index contributed by atoms with van der Waals surface area (Å²) in [5, 5.41) is 12.4. The molecule has 0 unspecified atom stereocenters. The van der Waals surface area contributed by atoms with Crippen LogP contribution in [0.5, 0.6) is 0 Å². The van der Waals surface area contributed by atoms with Gasteiger partial charge in [0.1, 0.15) is 5.82 Å². The Morgan fingerprint density at radius 2 is 1.91 bits per heavy atom. The van der Waals surface area contributed by atoms with Crippen molar-refractivity contribution in [3.63, 3.8) is 0 Å². The summed E-state index contributed by atoms with van der Waals surface area (Å²) in [6.07, 6.45) is 1.09. The molecule has 2 aromatic rings. The van der Waals surface area contributed by atoms with Gasteiger partial charge in [0.05, 0.1) is 16.8 Å². The molecule has 0 saturated heterocycles. The van der Waals surface area contributed by atoms with Gasteiger partial charge in [-0.2, -0.15) is 5.10 Å². The molecule has 0 saturated carbocycles. The monoisotopic (exact) mass is 335 g/mol. The Hall–Kier alpha value is -2.77. The smallest absolute Gasteiger partial charge is 0.274 e. The van der Waals surface area contributed by atoms with Gasteiger partial charge in [0.25, 0.3) is 11.8 Å². The van der Waals surface area contributed by atoms with Crippen LogP contribution in [0.1, 0.15) is 26.3 Å². The lowest BCUT2D eigenvalue weighted by molar-refractivity contribution is 0.0706. The fourth-order valence-electron chi connectivity index (χ4n) is 1.70. The molecule has 23 heavy (non-hydrogen) atoms. The van der Waals surface area contributed by atoms with Gasteiger partial charge in [-0.3, -0.25) is 14.8 Å². The number of hydrogen-bond donors (Lipinski definition) is 3. The van der Waals surface area contributed by atoms with E-state index in [9.17, 15) is 14.0 Å². The van der Waals surface area contributed by atoms with E-state index in [1.807, 2.05) is 0 Å². The molecule has 0 atom stereocenters. The van der Waals surface area contributed by atoms with Gasteiger partial charge >= 0.3 is 0 Å². The second-order valence-corrected chi connectivity index (χ2v) is 4.76. The highest BCUT2D eigenvalue weighted by Crippen LogP contribution is 2.14. The summed E-state index contributed by atoms with van der Waals surface area (Å²) in [7, 11) is 0. The quantitative estimate of drug-likeness (QED) is 0.455. The normalized spacial score (nSPS) is 10.6. The van der Waals surface area contributed by atoms with E-state index < -0.39 is 17.6 Å². The molecule has 2 rings (SSSR count). The summed E-state index contributed by atoms with van der Waals surface area (Å²) in [6.45, 7) is 0.